The highest BCUT2D eigenvalue weighted by atomic mass is 35.5. The summed E-state index contributed by atoms with van der Waals surface area (Å²) in [5, 5.41) is 3.11. The quantitative estimate of drug-likeness (QED) is 0.839. The van der Waals surface area contributed by atoms with E-state index in [9.17, 15) is 9.18 Å². The zero-order valence-electron chi connectivity index (χ0n) is 11.2. The first-order chi connectivity index (χ1) is 9.88. The van der Waals surface area contributed by atoms with Crippen LogP contribution in [0.15, 0.2) is 30.3 Å². The second-order valence-corrected chi connectivity index (χ2v) is 5.43. The van der Waals surface area contributed by atoms with Gasteiger partial charge in [0.25, 0.3) is 5.91 Å². The molecule has 0 radical (unpaired) electrons. The number of carbonyl (C=O) groups excluding carboxylic acids is 1. The van der Waals surface area contributed by atoms with Crippen LogP contribution in [0.2, 0.25) is 10.0 Å². The molecular formula is C15H13Cl2FN2O. The normalized spacial score (nSPS) is 10.5. The van der Waals surface area contributed by atoms with Crippen LogP contribution in [0.3, 0.4) is 0 Å². The van der Waals surface area contributed by atoms with Crippen LogP contribution in [-0.4, -0.2) is 5.91 Å². The topological polar surface area (TPSA) is 55.1 Å². The molecule has 3 N–H and O–H groups in total. The number of aryl methyl sites for hydroxylation is 1. The molecule has 3 nitrogen and oxygen atoms in total. The van der Waals surface area contributed by atoms with Crippen molar-refractivity contribution in [2.45, 2.75) is 13.5 Å². The van der Waals surface area contributed by atoms with Crippen LogP contribution in [0.1, 0.15) is 21.5 Å². The molecule has 0 saturated heterocycles. The Morgan fingerprint density at radius 2 is 1.86 bits per heavy atom. The van der Waals surface area contributed by atoms with Crippen LogP contribution in [0, 0.1) is 12.7 Å². The van der Waals surface area contributed by atoms with Crippen molar-refractivity contribution in [3.8, 4) is 0 Å². The summed E-state index contributed by atoms with van der Waals surface area (Å²) in [7, 11) is 0. The minimum atomic E-state index is -0.361. The molecule has 0 unspecified atom stereocenters. The SMILES string of the molecule is Cc1ccc(CNC(=O)c2cc(Cl)c(N)c(Cl)c2)cc1F. The van der Waals surface area contributed by atoms with Gasteiger partial charge in [-0.05, 0) is 36.2 Å². The summed E-state index contributed by atoms with van der Waals surface area (Å²) >= 11 is 11.8. The fourth-order valence-electron chi connectivity index (χ4n) is 1.75. The maximum absolute atomic E-state index is 13.4. The number of carbonyl (C=O) groups is 1. The Hall–Kier alpha value is -1.78. The molecule has 0 atom stereocenters. The number of nitrogens with one attached hydrogen (secondary N) is 1. The molecule has 0 bridgehead atoms. The Morgan fingerprint density at radius 1 is 1.24 bits per heavy atom. The molecule has 0 aromatic heterocycles. The Balaban J connectivity index is 2.10. The smallest absolute Gasteiger partial charge is 0.251 e. The van der Waals surface area contributed by atoms with E-state index in [4.69, 9.17) is 28.9 Å². The number of benzene rings is 2. The van der Waals surface area contributed by atoms with Crippen molar-refractivity contribution in [3.05, 3.63) is 62.9 Å². The van der Waals surface area contributed by atoms with Crippen LogP contribution in [-0.2, 0) is 6.54 Å². The molecule has 2 aromatic rings. The van der Waals surface area contributed by atoms with Crippen LogP contribution in [0.25, 0.3) is 0 Å². The number of halogens is 3. The summed E-state index contributed by atoms with van der Waals surface area (Å²) < 4.78 is 13.4. The maximum atomic E-state index is 13.4. The number of hydrogen-bond donors (Lipinski definition) is 2. The lowest BCUT2D eigenvalue weighted by atomic mass is 10.1. The first kappa shape index (κ1) is 15.6. The fraction of sp³-hybridized carbons (Fsp3) is 0.133. The molecule has 2 aromatic carbocycles. The molecule has 0 aliphatic heterocycles. The van der Waals surface area contributed by atoms with Gasteiger partial charge in [-0.25, -0.2) is 4.39 Å². The summed E-state index contributed by atoms with van der Waals surface area (Å²) in [6.45, 7) is 1.88. The molecule has 0 aliphatic carbocycles. The molecule has 0 spiro atoms. The highest BCUT2D eigenvalue weighted by molar-refractivity contribution is 6.39. The van der Waals surface area contributed by atoms with E-state index in [2.05, 4.69) is 5.32 Å². The second-order valence-electron chi connectivity index (χ2n) is 4.62. The van der Waals surface area contributed by atoms with Crippen molar-refractivity contribution < 1.29 is 9.18 Å². The Kier molecular flexibility index (Phi) is 4.70. The summed E-state index contributed by atoms with van der Waals surface area (Å²) in [6, 6.07) is 7.68. The van der Waals surface area contributed by atoms with Crippen LogP contribution >= 0.6 is 23.2 Å². The van der Waals surface area contributed by atoms with Gasteiger partial charge in [-0.15, -0.1) is 0 Å². The monoisotopic (exact) mass is 326 g/mol. The second kappa shape index (κ2) is 6.33. The molecule has 0 aliphatic rings. The summed E-state index contributed by atoms with van der Waals surface area (Å²) in [5.41, 5.74) is 7.36. The van der Waals surface area contributed by atoms with Gasteiger partial charge < -0.3 is 11.1 Å². The maximum Gasteiger partial charge on any atom is 0.251 e. The number of rotatable bonds is 3. The van der Waals surface area contributed by atoms with Crippen molar-refractivity contribution in [1.29, 1.82) is 0 Å². The minimum Gasteiger partial charge on any atom is -0.396 e. The lowest BCUT2D eigenvalue weighted by Gasteiger charge is -2.08. The summed E-state index contributed by atoms with van der Waals surface area (Å²) in [6.07, 6.45) is 0. The number of nitrogens with two attached hydrogens (primary N) is 1. The Bertz CT molecular complexity index is 681. The van der Waals surface area contributed by atoms with Crippen molar-refractivity contribution in [2.24, 2.45) is 0 Å². The van der Waals surface area contributed by atoms with E-state index in [1.54, 1.807) is 19.1 Å². The standard InChI is InChI=1S/C15H13Cl2FN2O/c1-8-2-3-9(4-13(8)18)7-20-15(21)10-5-11(16)14(19)12(17)6-10/h2-6H,7,19H2,1H3,(H,20,21). The van der Waals surface area contributed by atoms with E-state index < -0.39 is 0 Å². The molecule has 2 rings (SSSR count). The van der Waals surface area contributed by atoms with Gasteiger partial charge in [0, 0.05) is 12.1 Å². The molecular weight excluding hydrogens is 314 g/mol. The van der Waals surface area contributed by atoms with Crippen molar-refractivity contribution in [3.63, 3.8) is 0 Å². The molecule has 1 amide bonds. The molecule has 6 heteroatoms. The predicted molar refractivity (Wildman–Crippen MR) is 83.2 cm³/mol. The van der Waals surface area contributed by atoms with Gasteiger partial charge in [0.2, 0.25) is 0 Å². The van der Waals surface area contributed by atoms with E-state index in [-0.39, 0.29) is 34.0 Å². The third-order valence-electron chi connectivity index (χ3n) is 3.03. The number of anilines is 1. The first-order valence-corrected chi connectivity index (χ1v) is 6.92. The predicted octanol–water partition coefficient (Wildman–Crippen LogP) is 3.95. The van der Waals surface area contributed by atoms with E-state index in [1.807, 2.05) is 0 Å². The third-order valence-corrected chi connectivity index (χ3v) is 3.66. The highest BCUT2D eigenvalue weighted by Crippen LogP contribution is 2.28. The number of amides is 1. The van der Waals surface area contributed by atoms with Crippen molar-refractivity contribution >= 4 is 34.8 Å². The zero-order valence-corrected chi connectivity index (χ0v) is 12.7. The van der Waals surface area contributed by atoms with Gasteiger partial charge in [-0.1, -0.05) is 35.3 Å². The minimum absolute atomic E-state index is 0.204. The van der Waals surface area contributed by atoms with Crippen molar-refractivity contribution in [1.82, 2.24) is 5.32 Å². The van der Waals surface area contributed by atoms with Gasteiger partial charge in [-0.3, -0.25) is 4.79 Å². The Labute approximate surface area is 131 Å². The van der Waals surface area contributed by atoms with Crippen LogP contribution in [0.4, 0.5) is 10.1 Å². The summed E-state index contributed by atoms with van der Waals surface area (Å²) in [5.74, 6) is -0.667. The number of nitrogen functional groups attached to an aromatic ring is 1. The zero-order chi connectivity index (χ0) is 15.6. The van der Waals surface area contributed by atoms with Gasteiger partial charge in [-0.2, -0.15) is 0 Å². The average Bonchev–Trinajstić information content (AvgIpc) is 2.45. The van der Waals surface area contributed by atoms with Crippen molar-refractivity contribution in [2.75, 3.05) is 5.73 Å². The van der Waals surface area contributed by atoms with Gasteiger partial charge in [0.1, 0.15) is 5.82 Å². The van der Waals surface area contributed by atoms with Crippen LogP contribution < -0.4 is 11.1 Å². The molecule has 0 saturated carbocycles. The largest absolute Gasteiger partial charge is 0.396 e. The van der Waals surface area contributed by atoms with Gasteiger partial charge in [0.15, 0.2) is 0 Å². The Morgan fingerprint density at radius 3 is 2.43 bits per heavy atom. The van der Waals surface area contributed by atoms with E-state index >= 15 is 0 Å². The lowest BCUT2D eigenvalue weighted by Crippen LogP contribution is -2.23. The molecule has 21 heavy (non-hydrogen) atoms. The third kappa shape index (κ3) is 3.65. The van der Waals surface area contributed by atoms with E-state index in [0.717, 1.165) is 0 Å². The molecule has 0 fully saturated rings. The average molecular weight is 327 g/mol. The van der Waals surface area contributed by atoms with Gasteiger partial charge >= 0.3 is 0 Å². The fourth-order valence-corrected chi connectivity index (χ4v) is 2.23. The first-order valence-electron chi connectivity index (χ1n) is 6.16. The lowest BCUT2D eigenvalue weighted by molar-refractivity contribution is 0.0951. The summed E-state index contributed by atoms with van der Waals surface area (Å²) in [4.78, 5) is 12.0. The molecule has 110 valence electrons. The van der Waals surface area contributed by atoms with Crippen LogP contribution in [0.5, 0.6) is 0 Å². The van der Waals surface area contributed by atoms with E-state index in [0.29, 0.717) is 16.7 Å². The van der Waals surface area contributed by atoms with Gasteiger partial charge in [0.05, 0.1) is 15.7 Å². The van der Waals surface area contributed by atoms with E-state index in [1.165, 1.54) is 18.2 Å². The highest BCUT2D eigenvalue weighted by Gasteiger charge is 2.11. The molecule has 0 heterocycles. The number of hydrogen-bond acceptors (Lipinski definition) is 2.